The molecule has 148 valence electrons. The Morgan fingerprint density at radius 2 is 2.04 bits per heavy atom. The van der Waals surface area contributed by atoms with Crippen molar-refractivity contribution >= 4 is 12.2 Å². The summed E-state index contributed by atoms with van der Waals surface area (Å²) in [6.07, 6.45) is 6.74. The van der Waals surface area contributed by atoms with Crippen LogP contribution in [0.2, 0.25) is 0 Å². The number of hydrogen-bond acceptors (Lipinski definition) is 5. The number of amides is 2. The monoisotopic (exact) mass is 384 g/mol. The van der Waals surface area contributed by atoms with E-state index in [-0.39, 0.29) is 25.2 Å². The lowest BCUT2D eigenvalue weighted by atomic mass is 9.90. The van der Waals surface area contributed by atoms with Crippen LogP contribution < -0.4 is 5.43 Å². The topological polar surface area (TPSA) is 96.6 Å². The van der Waals surface area contributed by atoms with Crippen molar-refractivity contribution in [3.8, 4) is 11.4 Å². The van der Waals surface area contributed by atoms with Crippen molar-refractivity contribution in [3.05, 3.63) is 54.4 Å². The smallest absolute Gasteiger partial charge is 0.429 e. The quantitative estimate of drug-likeness (QED) is 0.606. The van der Waals surface area contributed by atoms with Gasteiger partial charge in [0.15, 0.2) is 0 Å². The predicted molar refractivity (Wildman–Crippen MR) is 103 cm³/mol. The van der Waals surface area contributed by atoms with E-state index in [1.807, 2.05) is 36.4 Å². The number of hydrogen-bond donors (Lipinski definition) is 2. The van der Waals surface area contributed by atoms with Gasteiger partial charge in [-0.15, -0.1) is 0 Å². The van der Waals surface area contributed by atoms with Crippen LogP contribution in [0.3, 0.4) is 0 Å². The van der Waals surface area contributed by atoms with Gasteiger partial charge < -0.3 is 14.5 Å². The number of carbonyl (C=O) groups is 2. The Labute approximate surface area is 163 Å². The second-order valence-corrected chi connectivity index (χ2v) is 6.18. The van der Waals surface area contributed by atoms with Gasteiger partial charge in [0, 0.05) is 23.9 Å². The molecule has 2 atom stereocenters. The summed E-state index contributed by atoms with van der Waals surface area (Å²) < 4.78 is 10.1. The van der Waals surface area contributed by atoms with Gasteiger partial charge in [-0.05, 0) is 25.8 Å². The molecule has 1 heterocycles. The van der Waals surface area contributed by atoms with Crippen molar-refractivity contribution in [1.29, 1.82) is 0 Å². The molecule has 0 bridgehead atoms. The second kappa shape index (κ2) is 9.07. The number of nitrogens with one attached hydrogen (secondary N) is 2. The van der Waals surface area contributed by atoms with Crippen molar-refractivity contribution < 1.29 is 19.1 Å². The Balaban J connectivity index is 1.92. The summed E-state index contributed by atoms with van der Waals surface area (Å²) in [5.74, 6) is 0.600. The summed E-state index contributed by atoms with van der Waals surface area (Å²) in [5, 5.41) is 1.23. The number of ether oxygens (including phenoxy) is 2. The number of aromatic nitrogens is 2. The minimum atomic E-state index is -0.694. The number of carbonyl (C=O) groups excluding carboxylic acids is 2. The van der Waals surface area contributed by atoms with Crippen LogP contribution in [-0.4, -0.2) is 46.4 Å². The minimum absolute atomic E-state index is 0.146. The molecule has 1 unspecified atom stereocenters. The number of H-pyrrole nitrogens is 1. The van der Waals surface area contributed by atoms with Gasteiger partial charge in [0.1, 0.15) is 5.82 Å². The van der Waals surface area contributed by atoms with Crippen LogP contribution in [-0.2, 0) is 9.47 Å². The van der Waals surface area contributed by atoms with Crippen LogP contribution in [0, 0.1) is 0 Å². The highest BCUT2D eigenvalue weighted by atomic mass is 16.6. The first kappa shape index (κ1) is 19.5. The maximum atomic E-state index is 12.5. The van der Waals surface area contributed by atoms with Gasteiger partial charge in [-0.3, -0.25) is 0 Å². The van der Waals surface area contributed by atoms with E-state index in [2.05, 4.69) is 15.4 Å². The molecule has 8 nitrogen and oxygen atoms in total. The fourth-order valence-electron chi connectivity index (χ4n) is 3.35. The van der Waals surface area contributed by atoms with E-state index < -0.39 is 12.2 Å². The highest BCUT2D eigenvalue weighted by molar-refractivity contribution is 5.75. The van der Waals surface area contributed by atoms with E-state index in [9.17, 15) is 9.59 Å². The highest BCUT2D eigenvalue weighted by Crippen LogP contribution is 2.37. The Bertz CT molecular complexity index is 834. The number of rotatable bonds is 5. The molecule has 0 spiro atoms. The van der Waals surface area contributed by atoms with E-state index in [1.165, 1.54) is 5.01 Å². The predicted octanol–water partition coefficient (Wildman–Crippen LogP) is 3.61. The molecule has 0 saturated heterocycles. The first-order chi connectivity index (χ1) is 13.7. The number of benzene rings is 1. The summed E-state index contributed by atoms with van der Waals surface area (Å²) in [6, 6.07) is 7.51. The maximum absolute atomic E-state index is 12.5. The Morgan fingerprint density at radius 3 is 2.75 bits per heavy atom. The standard InChI is InChI=1S/C20H24N4O4/c1-3-27-19(25)23-24(20(26)28-4-2)17-11-7-10-15(17)14-8-5-6-9-16(14)18-21-12-13-22-18/h5-10,12-13,15,17H,3-4,11H2,1-2H3,(H,21,22)(H,23,25)/t15-,17?/m0/s1. The van der Waals surface area contributed by atoms with Crippen molar-refractivity contribution in [3.63, 3.8) is 0 Å². The molecule has 0 saturated carbocycles. The van der Waals surface area contributed by atoms with Crippen LogP contribution in [0.15, 0.2) is 48.8 Å². The minimum Gasteiger partial charge on any atom is -0.449 e. The Hall–Kier alpha value is -3.29. The van der Waals surface area contributed by atoms with E-state index in [4.69, 9.17) is 9.47 Å². The average Bonchev–Trinajstić information content (AvgIpc) is 3.38. The molecular weight excluding hydrogens is 360 g/mol. The number of nitrogens with zero attached hydrogens (tertiary/aromatic N) is 2. The summed E-state index contributed by atoms with van der Waals surface area (Å²) in [7, 11) is 0. The van der Waals surface area contributed by atoms with E-state index in [0.717, 1.165) is 17.0 Å². The third-order valence-corrected chi connectivity index (χ3v) is 4.49. The fraction of sp³-hybridized carbons (Fsp3) is 0.350. The molecule has 0 radical (unpaired) electrons. The summed E-state index contributed by atoms with van der Waals surface area (Å²) in [5.41, 5.74) is 4.47. The number of imidazole rings is 1. The average molecular weight is 384 g/mol. The molecule has 8 heteroatoms. The summed E-state index contributed by atoms with van der Waals surface area (Å²) >= 11 is 0. The first-order valence-electron chi connectivity index (χ1n) is 9.30. The Kier molecular flexibility index (Phi) is 6.31. The van der Waals surface area contributed by atoms with Gasteiger partial charge in [-0.25, -0.2) is 25.0 Å². The molecule has 1 aliphatic rings. The zero-order valence-electron chi connectivity index (χ0n) is 15.9. The van der Waals surface area contributed by atoms with Crippen LogP contribution in [0.25, 0.3) is 11.4 Å². The molecule has 2 amide bonds. The third kappa shape index (κ3) is 4.16. The van der Waals surface area contributed by atoms with E-state index in [0.29, 0.717) is 6.42 Å². The Morgan fingerprint density at radius 1 is 1.25 bits per heavy atom. The van der Waals surface area contributed by atoms with Gasteiger partial charge in [0.05, 0.1) is 19.3 Å². The molecular formula is C20H24N4O4. The first-order valence-corrected chi connectivity index (χ1v) is 9.30. The summed E-state index contributed by atoms with van der Waals surface area (Å²) in [4.78, 5) is 32.0. The van der Waals surface area contributed by atoms with Crippen molar-refractivity contribution in [2.45, 2.75) is 32.2 Å². The van der Waals surface area contributed by atoms with E-state index >= 15 is 0 Å². The molecule has 2 N–H and O–H groups in total. The van der Waals surface area contributed by atoms with Gasteiger partial charge >= 0.3 is 12.2 Å². The molecule has 1 aromatic carbocycles. The van der Waals surface area contributed by atoms with Crippen LogP contribution in [0.4, 0.5) is 9.59 Å². The molecule has 1 aromatic heterocycles. The normalized spacial score (nSPS) is 17.9. The maximum Gasteiger partial charge on any atom is 0.429 e. The van der Waals surface area contributed by atoms with Crippen LogP contribution in [0.5, 0.6) is 0 Å². The van der Waals surface area contributed by atoms with Gasteiger partial charge in [-0.2, -0.15) is 0 Å². The van der Waals surface area contributed by atoms with Crippen molar-refractivity contribution in [1.82, 2.24) is 20.4 Å². The van der Waals surface area contributed by atoms with Gasteiger partial charge in [0.2, 0.25) is 0 Å². The fourth-order valence-corrected chi connectivity index (χ4v) is 3.35. The molecule has 0 aliphatic heterocycles. The van der Waals surface area contributed by atoms with Crippen LogP contribution in [0.1, 0.15) is 31.7 Å². The largest absolute Gasteiger partial charge is 0.449 e. The lowest BCUT2D eigenvalue weighted by Gasteiger charge is -2.32. The van der Waals surface area contributed by atoms with E-state index in [1.54, 1.807) is 26.2 Å². The molecule has 1 aliphatic carbocycles. The number of hydrazine groups is 1. The lowest BCUT2D eigenvalue weighted by molar-refractivity contribution is 0.0541. The van der Waals surface area contributed by atoms with Crippen molar-refractivity contribution in [2.75, 3.05) is 13.2 Å². The molecule has 28 heavy (non-hydrogen) atoms. The molecule has 3 rings (SSSR count). The zero-order valence-corrected chi connectivity index (χ0v) is 15.9. The van der Waals surface area contributed by atoms with Gasteiger partial charge in [-0.1, -0.05) is 36.4 Å². The summed E-state index contributed by atoms with van der Waals surface area (Å²) in [6.45, 7) is 3.83. The second-order valence-electron chi connectivity index (χ2n) is 6.18. The van der Waals surface area contributed by atoms with Crippen molar-refractivity contribution in [2.24, 2.45) is 0 Å². The molecule has 0 fully saturated rings. The van der Waals surface area contributed by atoms with Gasteiger partial charge in [0.25, 0.3) is 0 Å². The zero-order chi connectivity index (χ0) is 19.9. The number of aromatic amines is 1. The third-order valence-electron chi connectivity index (χ3n) is 4.49. The van der Waals surface area contributed by atoms with Crippen LogP contribution >= 0.6 is 0 Å². The molecule has 2 aromatic rings. The highest BCUT2D eigenvalue weighted by Gasteiger charge is 2.36. The lowest BCUT2D eigenvalue weighted by Crippen LogP contribution is -2.53. The SMILES string of the molecule is CCOC(=O)NN(C(=O)OCC)C1CC=C[C@H]1c1ccccc1-c1ncc[nH]1.